The minimum absolute atomic E-state index is 0.935. The Morgan fingerprint density at radius 1 is 1.15 bits per heavy atom. The molecule has 0 N–H and O–H groups in total. The van der Waals surface area contributed by atoms with E-state index in [2.05, 4.69) is 19.6 Å². The number of benzene rings is 1. The summed E-state index contributed by atoms with van der Waals surface area (Å²) in [6, 6.07) is 7.82. The van der Waals surface area contributed by atoms with E-state index in [-0.39, 0.29) is 0 Å². The molecule has 1 nitrogen and oxygen atoms in total. The van der Waals surface area contributed by atoms with Gasteiger partial charge in [0.05, 0.1) is 0 Å². The Hall–Kier alpha value is -1.02. The molecule has 0 amide bonds. The second kappa shape index (κ2) is 3.79. The van der Waals surface area contributed by atoms with E-state index in [1.54, 1.807) is 6.08 Å². The van der Waals surface area contributed by atoms with Crippen LogP contribution in [0.25, 0.3) is 6.08 Å². The molecule has 0 aliphatic carbocycles. The van der Waals surface area contributed by atoms with E-state index in [9.17, 15) is 0 Å². The van der Waals surface area contributed by atoms with E-state index in [0.29, 0.717) is 0 Å². The molecular formula is C11H15OSi. The maximum atomic E-state index is 5.79. The van der Waals surface area contributed by atoms with Crippen LogP contribution in [0.4, 0.5) is 0 Å². The standard InChI is InChI=1S/C11H15OSi/c1-5-10-6-8-11(9-7-10)12-13(2,3)4/h1,5-9H,2-4H3. The molecule has 2 heteroatoms. The molecule has 0 bridgehead atoms. The summed E-state index contributed by atoms with van der Waals surface area (Å²) in [5.41, 5.74) is 1.02. The molecular weight excluding hydrogens is 176 g/mol. The Balaban J connectivity index is 2.75. The minimum atomic E-state index is -1.47. The van der Waals surface area contributed by atoms with E-state index in [1.165, 1.54) is 0 Å². The predicted octanol–water partition coefficient (Wildman–Crippen LogP) is 3.35. The Morgan fingerprint density at radius 3 is 2.08 bits per heavy atom. The first kappa shape index (κ1) is 10.1. The molecule has 0 spiro atoms. The molecule has 0 fully saturated rings. The molecule has 0 heterocycles. The van der Waals surface area contributed by atoms with Crippen molar-refractivity contribution in [2.45, 2.75) is 19.6 Å². The van der Waals surface area contributed by atoms with Gasteiger partial charge in [0.25, 0.3) is 0 Å². The first-order valence-electron chi connectivity index (χ1n) is 4.35. The normalized spacial score (nSPS) is 11.0. The van der Waals surface area contributed by atoms with Crippen LogP contribution in [-0.4, -0.2) is 8.32 Å². The second-order valence-electron chi connectivity index (χ2n) is 3.95. The van der Waals surface area contributed by atoms with Crippen LogP contribution in [0.5, 0.6) is 5.75 Å². The van der Waals surface area contributed by atoms with Crippen molar-refractivity contribution >= 4 is 14.4 Å². The average molecular weight is 191 g/mol. The third-order valence-electron chi connectivity index (χ3n) is 1.50. The zero-order valence-electron chi connectivity index (χ0n) is 8.37. The van der Waals surface area contributed by atoms with Crippen LogP contribution in [0.15, 0.2) is 24.3 Å². The van der Waals surface area contributed by atoms with Gasteiger partial charge >= 0.3 is 0 Å². The zero-order chi connectivity index (χ0) is 9.90. The summed E-state index contributed by atoms with van der Waals surface area (Å²) in [6.45, 7) is 11.9. The van der Waals surface area contributed by atoms with Crippen molar-refractivity contribution in [2.24, 2.45) is 0 Å². The van der Waals surface area contributed by atoms with Gasteiger partial charge in [-0.1, -0.05) is 24.8 Å². The molecule has 13 heavy (non-hydrogen) atoms. The second-order valence-corrected chi connectivity index (χ2v) is 8.38. The molecule has 1 radical (unpaired) electrons. The van der Waals surface area contributed by atoms with Crippen molar-refractivity contribution in [1.29, 1.82) is 0 Å². The SMILES string of the molecule is [CH]=Cc1ccc(O[Si](C)(C)C)cc1. The third kappa shape index (κ3) is 3.47. The molecule has 69 valence electrons. The maximum absolute atomic E-state index is 5.79. The Morgan fingerprint density at radius 2 is 1.69 bits per heavy atom. The van der Waals surface area contributed by atoms with Crippen molar-refractivity contribution in [1.82, 2.24) is 0 Å². The fourth-order valence-corrected chi connectivity index (χ4v) is 1.84. The van der Waals surface area contributed by atoms with Crippen LogP contribution >= 0.6 is 0 Å². The first-order chi connectivity index (χ1) is 6.01. The molecule has 0 unspecified atom stereocenters. The van der Waals surface area contributed by atoms with Gasteiger partial charge in [0.1, 0.15) is 5.75 Å². The average Bonchev–Trinajstić information content (AvgIpc) is 2.03. The van der Waals surface area contributed by atoms with Gasteiger partial charge in [-0.25, -0.2) is 0 Å². The highest BCUT2D eigenvalue weighted by molar-refractivity contribution is 6.70. The van der Waals surface area contributed by atoms with Crippen molar-refractivity contribution < 1.29 is 4.43 Å². The van der Waals surface area contributed by atoms with Gasteiger partial charge in [-0.05, 0) is 37.3 Å². The molecule has 1 aromatic carbocycles. The highest BCUT2D eigenvalue weighted by Gasteiger charge is 2.15. The fourth-order valence-electron chi connectivity index (χ4n) is 1.00. The molecule has 0 aliphatic heterocycles. The summed E-state index contributed by atoms with van der Waals surface area (Å²) in [7, 11) is -1.47. The van der Waals surface area contributed by atoms with Gasteiger partial charge < -0.3 is 4.43 Å². The quantitative estimate of drug-likeness (QED) is 0.666. The lowest BCUT2D eigenvalue weighted by molar-refractivity contribution is 0.557. The largest absolute Gasteiger partial charge is 0.544 e. The van der Waals surface area contributed by atoms with Crippen molar-refractivity contribution in [3.8, 4) is 5.75 Å². The van der Waals surface area contributed by atoms with E-state index >= 15 is 0 Å². The van der Waals surface area contributed by atoms with Gasteiger partial charge in [-0.15, -0.1) is 0 Å². The smallest absolute Gasteiger partial charge is 0.242 e. The maximum Gasteiger partial charge on any atom is 0.242 e. The highest BCUT2D eigenvalue weighted by atomic mass is 28.4. The van der Waals surface area contributed by atoms with Crippen LogP contribution in [0.2, 0.25) is 19.6 Å². The van der Waals surface area contributed by atoms with E-state index in [1.807, 2.05) is 24.3 Å². The summed E-state index contributed by atoms with van der Waals surface area (Å²) in [6.07, 6.45) is 1.58. The van der Waals surface area contributed by atoms with Crippen LogP contribution in [-0.2, 0) is 0 Å². The fraction of sp³-hybridized carbons (Fsp3) is 0.273. The molecule has 0 atom stereocenters. The Kier molecular flexibility index (Phi) is 2.93. The molecule has 0 saturated carbocycles. The Bertz CT molecular complexity index is 282. The van der Waals surface area contributed by atoms with Gasteiger partial charge in [-0.3, -0.25) is 0 Å². The van der Waals surface area contributed by atoms with E-state index in [0.717, 1.165) is 11.3 Å². The molecule has 1 rings (SSSR count). The molecule has 0 aliphatic rings. The molecule has 0 aromatic heterocycles. The van der Waals surface area contributed by atoms with Crippen LogP contribution in [0, 0.1) is 6.58 Å². The highest BCUT2D eigenvalue weighted by Crippen LogP contribution is 2.16. The van der Waals surface area contributed by atoms with Gasteiger partial charge in [0.15, 0.2) is 0 Å². The predicted molar refractivity (Wildman–Crippen MR) is 59.2 cm³/mol. The monoisotopic (exact) mass is 191 g/mol. The van der Waals surface area contributed by atoms with Crippen LogP contribution in [0.3, 0.4) is 0 Å². The van der Waals surface area contributed by atoms with Gasteiger partial charge in [-0.2, -0.15) is 0 Å². The summed E-state index contributed by atoms with van der Waals surface area (Å²) in [5, 5.41) is 0. The summed E-state index contributed by atoms with van der Waals surface area (Å²) in [5.74, 6) is 0.935. The van der Waals surface area contributed by atoms with Crippen molar-refractivity contribution in [3.63, 3.8) is 0 Å². The summed E-state index contributed by atoms with van der Waals surface area (Å²) < 4.78 is 5.79. The first-order valence-corrected chi connectivity index (χ1v) is 7.76. The van der Waals surface area contributed by atoms with Crippen molar-refractivity contribution in [3.05, 3.63) is 36.4 Å². The van der Waals surface area contributed by atoms with Crippen molar-refractivity contribution in [2.75, 3.05) is 0 Å². The lowest BCUT2D eigenvalue weighted by Gasteiger charge is -2.18. The van der Waals surface area contributed by atoms with Gasteiger partial charge in [0, 0.05) is 0 Å². The van der Waals surface area contributed by atoms with Gasteiger partial charge in [0.2, 0.25) is 8.32 Å². The molecule has 0 saturated heterocycles. The number of rotatable bonds is 3. The minimum Gasteiger partial charge on any atom is -0.544 e. The van der Waals surface area contributed by atoms with Crippen LogP contribution in [0.1, 0.15) is 5.56 Å². The Labute approximate surface area is 81.2 Å². The van der Waals surface area contributed by atoms with E-state index in [4.69, 9.17) is 11.0 Å². The van der Waals surface area contributed by atoms with Crippen LogP contribution < -0.4 is 4.43 Å². The summed E-state index contributed by atoms with van der Waals surface area (Å²) >= 11 is 0. The third-order valence-corrected chi connectivity index (χ3v) is 2.34. The van der Waals surface area contributed by atoms with E-state index < -0.39 is 8.32 Å². The molecule has 1 aromatic rings. The zero-order valence-corrected chi connectivity index (χ0v) is 9.37. The lowest BCUT2D eigenvalue weighted by Crippen LogP contribution is -2.29. The summed E-state index contributed by atoms with van der Waals surface area (Å²) in [4.78, 5) is 0. The number of hydrogen-bond acceptors (Lipinski definition) is 1. The lowest BCUT2D eigenvalue weighted by atomic mass is 10.2. The topological polar surface area (TPSA) is 9.23 Å². The number of hydrogen-bond donors (Lipinski definition) is 0.